The van der Waals surface area contributed by atoms with Crippen LogP contribution in [0.5, 0.6) is 5.75 Å². The Balaban J connectivity index is 1.89. The molecular weight excluding hydrogens is 214 g/mol. The molecule has 0 atom stereocenters. The Kier molecular flexibility index (Phi) is 4.05. The Labute approximate surface area is 103 Å². The molecule has 1 aromatic heterocycles. The monoisotopic (exact) mass is 237 g/mol. The maximum absolute atomic E-state index is 5.36. The molecule has 2 rings (SSSR count). The van der Waals surface area contributed by atoms with E-state index in [1.54, 1.807) is 7.11 Å². The highest BCUT2D eigenvalue weighted by molar-refractivity contribution is 5.25. The van der Waals surface area contributed by atoms with E-state index in [9.17, 15) is 0 Å². The summed E-state index contributed by atoms with van der Waals surface area (Å²) in [7, 11) is 1.72. The minimum absolute atomic E-state index is 0.394. The van der Waals surface area contributed by atoms with Crippen molar-refractivity contribution in [2.24, 2.45) is 0 Å². The van der Waals surface area contributed by atoms with Gasteiger partial charge in [0, 0.05) is 12.1 Å². The largest absolute Gasteiger partial charge is 0.493 e. The molecule has 4 heteroatoms. The van der Waals surface area contributed by atoms with Gasteiger partial charge in [-0.15, -0.1) is 0 Å². The molecule has 0 amide bonds. The van der Waals surface area contributed by atoms with Gasteiger partial charge in [-0.25, -0.2) is 0 Å². The van der Waals surface area contributed by atoms with Crippen molar-refractivity contribution >= 4 is 0 Å². The van der Waals surface area contributed by atoms with E-state index in [4.69, 9.17) is 4.74 Å². The highest BCUT2D eigenvalue weighted by Crippen LogP contribution is 2.23. The van der Waals surface area contributed by atoms with E-state index in [0.717, 1.165) is 31.2 Å². The molecule has 0 bridgehead atoms. The summed E-state index contributed by atoms with van der Waals surface area (Å²) in [4.78, 5) is 0. The first-order valence-corrected chi connectivity index (χ1v) is 6.56. The third kappa shape index (κ3) is 3.22. The lowest BCUT2D eigenvalue weighted by Crippen LogP contribution is -2.18. The molecule has 96 valence electrons. The van der Waals surface area contributed by atoms with Gasteiger partial charge >= 0.3 is 0 Å². The number of rotatable bonds is 7. The van der Waals surface area contributed by atoms with Crippen LogP contribution in [0.4, 0.5) is 0 Å². The maximum atomic E-state index is 5.36. The zero-order valence-electron chi connectivity index (χ0n) is 11.1. The number of ether oxygens (including phenoxy) is 1. The van der Waals surface area contributed by atoms with Crippen molar-refractivity contribution in [2.75, 3.05) is 13.7 Å². The topological polar surface area (TPSA) is 39.1 Å². The zero-order valence-corrected chi connectivity index (χ0v) is 11.1. The van der Waals surface area contributed by atoms with Gasteiger partial charge in [0.25, 0.3) is 0 Å². The van der Waals surface area contributed by atoms with Crippen LogP contribution >= 0.6 is 0 Å². The van der Waals surface area contributed by atoms with Crippen molar-refractivity contribution in [3.63, 3.8) is 0 Å². The Bertz CT molecular complexity index is 356. The molecule has 1 N–H and O–H groups in total. The number of hydrogen-bond acceptors (Lipinski definition) is 3. The van der Waals surface area contributed by atoms with Crippen molar-refractivity contribution in [3.05, 3.63) is 11.9 Å². The number of methoxy groups -OCH3 is 1. The highest BCUT2D eigenvalue weighted by Gasteiger charge is 2.20. The number of hydrogen-bond donors (Lipinski definition) is 1. The quantitative estimate of drug-likeness (QED) is 0.739. The van der Waals surface area contributed by atoms with Crippen molar-refractivity contribution in [3.8, 4) is 5.75 Å². The van der Waals surface area contributed by atoms with E-state index < -0.39 is 0 Å². The van der Waals surface area contributed by atoms with Gasteiger partial charge in [-0.1, -0.05) is 0 Å². The van der Waals surface area contributed by atoms with Crippen LogP contribution < -0.4 is 10.1 Å². The van der Waals surface area contributed by atoms with Crippen LogP contribution in [0.15, 0.2) is 6.20 Å². The average molecular weight is 237 g/mol. The molecule has 17 heavy (non-hydrogen) atoms. The average Bonchev–Trinajstić information content (AvgIpc) is 3.03. The Morgan fingerprint density at radius 1 is 1.53 bits per heavy atom. The van der Waals surface area contributed by atoms with Crippen LogP contribution in [0.25, 0.3) is 0 Å². The number of aromatic nitrogens is 2. The first kappa shape index (κ1) is 12.4. The van der Waals surface area contributed by atoms with Crippen molar-refractivity contribution in [2.45, 2.75) is 51.6 Å². The minimum Gasteiger partial charge on any atom is -0.493 e. The van der Waals surface area contributed by atoms with Gasteiger partial charge < -0.3 is 10.1 Å². The number of nitrogens with zero attached hydrogens (tertiary/aromatic N) is 2. The van der Waals surface area contributed by atoms with Crippen LogP contribution in [-0.4, -0.2) is 29.5 Å². The molecule has 0 saturated heterocycles. The molecule has 1 aliphatic rings. The Morgan fingerprint density at radius 3 is 2.88 bits per heavy atom. The lowest BCUT2D eigenvalue weighted by Gasteiger charge is -2.12. The minimum atomic E-state index is 0.394. The van der Waals surface area contributed by atoms with Crippen LogP contribution in [0.3, 0.4) is 0 Å². The fourth-order valence-corrected chi connectivity index (χ4v) is 2.07. The van der Waals surface area contributed by atoms with Crippen molar-refractivity contribution in [1.82, 2.24) is 15.1 Å². The van der Waals surface area contributed by atoms with E-state index in [-0.39, 0.29) is 0 Å². The van der Waals surface area contributed by atoms with E-state index in [0.29, 0.717) is 6.04 Å². The van der Waals surface area contributed by atoms with Gasteiger partial charge in [0.15, 0.2) is 5.75 Å². The summed E-state index contributed by atoms with van der Waals surface area (Å²) < 4.78 is 7.43. The van der Waals surface area contributed by atoms with Crippen molar-refractivity contribution < 1.29 is 4.74 Å². The summed E-state index contributed by atoms with van der Waals surface area (Å²) in [6.07, 6.45) is 6.70. The molecule has 0 aliphatic heterocycles. The van der Waals surface area contributed by atoms with Crippen LogP contribution in [0.1, 0.15) is 44.8 Å². The van der Waals surface area contributed by atoms with E-state index in [1.807, 2.05) is 6.20 Å². The SMILES string of the molecule is COc1cnn(C(C)C)c1CCCNC1CC1. The molecule has 1 saturated carbocycles. The number of nitrogens with one attached hydrogen (secondary N) is 1. The van der Waals surface area contributed by atoms with Gasteiger partial charge in [0.2, 0.25) is 0 Å². The van der Waals surface area contributed by atoms with Gasteiger partial charge in [0.1, 0.15) is 0 Å². The molecule has 1 heterocycles. The fraction of sp³-hybridized carbons (Fsp3) is 0.769. The molecular formula is C13H23N3O. The van der Waals surface area contributed by atoms with Crippen LogP contribution in [-0.2, 0) is 6.42 Å². The standard InChI is InChI=1S/C13H23N3O/c1-10(2)16-12(13(17-3)9-15-16)5-4-8-14-11-6-7-11/h9-11,14H,4-8H2,1-3H3. The Hall–Kier alpha value is -1.03. The predicted molar refractivity (Wildman–Crippen MR) is 68.5 cm³/mol. The molecule has 0 spiro atoms. The lowest BCUT2D eigenvalue weighted by molar-refractivity contribution is 0.403. The van der Waals surface area contributed by atoms with E-state index >= 15 is 0 Å². The molecule has 0 radical (unpaired) electrons. The predicted octanol–water partition coefficient (Wildman–Crippen LogP) is 2.16. The molecule has 1 fully saturated rings. The first-order chi connectivity index (χ1) is 8.22. The first-order valence-electron chi connectivity index (χ1n) is 6.56. The summed E-state index contributed by atoms with van der Waals surface area (Å²) in [6, 6.07) is 1.19. The van der Waals surface area contributed by atoms with Gasteiger partial charge in [-0.2, -0.15) is 5.10 Å². The van der Waals surface area contributed by atoms with Gasteiger partial charge in [-0.3, -0.25) is 4.68 Å². The zero-order chi connectivity index (χ0) is 12.3. The third-order valence-corrected chi connectivity index (χ3v) is 3.17. The molecule has 0 aromatic carbocycles. The summed E-state index contributed by atoms with van der Waals surface area (Å²) in [5, 5.41) is 7.92. The molecule has 0 unspecified atom stereocenters. The van der Waals surface area contributed by atoms with Gasteiger partial charge in [-0.05, 0) is 46.1 Å². The summed E-state index contributed by atoms with van der Waals surface area (Å²) in [6.45, 7) is 5.40. The van der Waals surface area contributed by atoms with Crippen LogP contribution in [0, 0.1) is 0 Å². The van der Waals surface area contributed by atoms with E-state index in [1.165, 1.54) is 18.5 Å². The lowest BCUT2D eigenvalue weighted by atomic mass is 10.2. The normalized spacial score (nSPS) is 15.5. The third-order valence-electron chi connectivity index (χ3n) is 3.17. The highest BCUT2D eigenvalue weighted by atomic mass is 16.5. The molecule has 1 aliphatic carbocycles. The summed E-state index contributed by atoms with van der Waals surface area (Å²) in [5.41, 5.74) is 1.22. The second-order valence-corrected chi connectivity index (χ2v) is 5.03. The second kappa shape index (κ2) is 5.54. The van der Waals surface area contributed by atoms with E-state index in [2.05, 4.69) is 28.9 Å². The van der Waals surface area contributed by atoms with Crippen LogP contribution in [0.2, 0.25) is 0 Å². The summed E-state index contributed by atoms with van der Waals surface area (Å²) in [5.74, 6) is 0.921. The fourth-order valence-electron chi connectivity index (χ4n) is 2.07. The Morgan fingerprint density at radius 2 is 2.29 bits per heavy atom. The smallest absolute Gasteiger partial charge is 0.159 e. The van der Waals surface area contributed by atoms with Crippen molar-refractivity contribution in [1.29, 1.82) is 0 Å². The van der Waals surface area contributed by atoms with Gasteiger partial charge in [0.05, 0.1) is 19.0 Å². The molecule has 1 aromatic rings. The molecule has 4 nitrogen and oxygen atoms in total. The summed E-state index contributed by atoms with van der Waals surface area (Å²) >= 11 is 0. The second-order valence-electron chi connectivity index (χ2n) is 5.03. The maximum Gasteiger partial charge on any atom is 0.159 e.